The number of aromatic nitrogens is 1. The van der Waals surface area contributed by atoms with Gasteiger partial charge in [-0.25, -0.2) is 9.98 Å². The smallest absolute Gasteiger partial charge is 0.218 e. The average molecular weight is 458 g/mol. The highest BCUT2D eigenvalue weighted by Crippen LogP contribution is 2.25. The Morgan fingerprint density at radius 2 is 1.92 bits per heavy atom. The third-order valence-corrected chi connectivity index (χ3v) is 4.88. The van der Waals surface area contributed by atoms with Crippen molar-refractivity contribution in [1.82, 2.24) is 15.6 Å². The van der Waals surface area contributed by atoms with E-state index in [0.717, 1.165) is 36.8 Å². The minimum atomic E-state index is 0. The molecule has 1 aromatic heterocycles. The lowest BCUT2D eigenvalue weighted by molar-refractivity contribution is 0.199. The van der Waals surface area contributed by atoms with Crippen LogP contribution < -0.4 is 15.4 Å². The van der Waals surface area contributed by atoms with Gasteiger partial charge in [0.15, 0.2) is 5.96 Å². The van der Waals surface area contributed by atoms with Gasteiger partial charge in [-0.05, 0) is 51.5 Å². The maximum absolute atomic E-state index is 6.11. The molecule has 0 saturated heterocycles. The molecule has 0 aromatic carbocycles. The number of halogens is 1. The van der Waals surface area contributed by atoms with Gasteiger partial charge < -0.3 is 15.4 Å². The largest absolute Gasteiger partial charge is 0.474 e. The quantitative estimate of drug-likeness (QED) is 0.384. The SMILES string of the molecule is CCNC(=NCc1cccnc1OC1CCCC1)NC1CCCC1.I. The Labute approximate surface area is 168 Å². The second-order valence-electron chi connectivity index (χ2n) is 6.81. The highest BCUT2D eigenvalue weighted by Gasteiger charge is 2.19. The zero-order chi connectivity index (χ0) is 16.6. The molecule has 2 N–H and O–H groups in total. The van der Waals surface area contributed by atoms with Crippen LogP contribution in [0.5, 0.6) is 5.88 Å². The molecule has 140 valence electrons. The molecule has 3 rings (SSSR count). The van der Waals surface area contributed by atoms with Gasteiger partial charge in [0, 0.05) is 24.3 Å². The van der Waals surface area contributed by atoms with Crippen molar-refractivity contribution in [3.63, 3.8) is 0 Å². The van der Waals surface area contributed by atoms with Crippen LogP contribution in [-0.2, 0) is 6.54 Å². The Morgan fingerprint density at radius 3 is 2.64 bits per heavy atom. The van der Waals surface area contributed by atoms with Gasteiger partial charge in [-0.1, -0.05) is 18.9 Å². The lowest BCUT2D eigenvalue weighted by Crippen LogP contribution is -2.42. The van der Waals surface area contributed by atoms with Crippen molar-refractivity contribution < 1.29 is 4.74 Å². The maximum atomic E-state index is 6.11. The summed E-state index contributed by atoms with van der Waals surface area (Å²) in [7, 11) is 0. The molecule has 1 heterocycles. The molecule has 0 spiro atoms. The first-order valence-electron chi connectivity index (χ1n) is 9.50. The van der Waals surface area contributed by atoms with Crippen LogP contribution in [-0.4, -0.2) is 29.6 Å². The molecule has 0 amide bonds. The minimum absolute atomic E-state index is 0. The van der Waals surface area contributed by atoms with E-state index >= 15 is 0 Å². The summed E-state index contributed by atoms with van der Waals surface area (Å²) >= 11 is 0. The van der Waals surface area contributed by atoms with E-state index in [4.69, 9.17) is 9.73 Å². The van der Waals surface area contributed by atoms with Crippen LogP contribution >= 0.6 is 24.0 Å². The fourth-order valence-corrected chi connectivity index (χ4v) is 3.56. The molecule has 0 bridgehead atoms. The molecule has 2 aliphatic carbocycles. The van der Waals surface area contributed by atoms with E-state index < -0.39 is 0 Å². The van der Waals surface area contributed by atoms with E-state index in [-0.39, 0.29) is 24.0 Å². The molecule has 0 unspecified atom stereocenters. The fourth-order valence-electron chi connectivity index (χ4n) is 3.56. The number of nitrogens with one attached hydrogen (secondary N) is 2. The first kappa shape index (κ1) is 20.3. The van der Waals surface area contributed by atoms with Crippen LogP contribution in [0.2, 0.25) is 0 Å². The lowest BCUT2D eigenvalue weighted by atomic mass is 10.2. The highest BCUT2D eigenvalue weighted by atomic mass is 127. The van der Waals surface area contributed by atoms with Crippen LogP contribution in [0.25, 0.3) is 0 Å². The van der Waals surface area contributed by atoms with Gasteiger partial charge in [0.25, 0.3) is 0 Å². The van der Waals surface area contributed by atoms with Gasteiger partial charge >= 0.3 is 0 Å². The Balaban J connectivity index is 0.00000225. The predicted octanol–water partition coefficient (Wildman–Crippen LogP) is 4.02. The number of rotatable bonds is 6. The van der Waals surface area contributed by atoms with Gasteiger partial charge in [0.2, 0.25) is 5.88 Å². The molecule has 0 radical (unpaired) electrons. The zero-order valence-corrected chi connectivity index (χ0v) is 17.5. The Morgan fingerprint density at radius 1 is 1.20 bits per heavy atom. The van der Waals surface area contributed by atoms with Crippen LogP contribution in [0.1, 0.15) is 63.9 Å². The van der Waals surface area contributed by atoms with Crippen molar-refractivity contribution in [3.05, 3.63) is 23.9 Å². The van der Waals surface area contributed by atoms with Gasteiger partial charge in [0.05, 0.1) is 6.54 Å². The highest BCUT2D eigenvalue weighted by molar-refractivity contribution is 14.0. The van der Waals surface area contributed by atoms with Crippen molar-refractivity contribution in [1.29, 1.82) is 0 Å². The van der Waals surface area contributed by atoms with Gasteiger partial charge in [0.1, 0.15) is 6.10 Å². The topological polar surface area (TPSA) is 58.5 Å². The Kier molecular flexibility index (Phi) is 8.78. The third-order valence-electron chi connectivity index (χ3n) is 4.88. The molecule has 25 heavy (non-hydrogen) atoms. The molecule has 6 heteroatoms. The summed E-state index contributed by atoms with van der Waals surface area (Å²) in [5, 5.41) is 6.91. The summed E-state index contributed by atoms with van der Waals surface area (Å²) in [6, 6.07) is 4.59. The molecule has 2 aliphatic rings. The zero-order valence-electron chi connectivity index (χ0n) is 15.2. The van der Waals surface area contributed by atoms with Crippen molar-refractivity contribution >= 4 is 29.9 Å². The van der Waals surface area contributed by atoms with Crippen molar-refractivity contribution in [2.75, 3.05) is 6.54 Å². The molecule has 5 nitrogen and oxygen atoms in total. The van der Waals surface area contributed by atoms with E-state index in [2.05, 4.69) is 28.6 Å². The fraction of sp³-hybridized carbons (Fsp3) is 0.684. The van der Waals surface area contributed by atoms with Crippen molar-refractivity contribution in [3.8, 4) is 5.88 Å². The Hall–Kier alpha value is -1.05. The maximum Gasteiger partial charge on any atom is 0.218 e. The normalized spacial score (nSPS) is 18.8. The number of hydrogen-bond acceptors (Lipinski definition) is 3. The van der Waals surface area contributed by atoms with Gasteiger partial charge in [-0.15, -0.1) is 24.0 Å². The van der Waals surface area contributed by atoms with E-state index in [1.165, 1.54) is 38.5 Å². The number of hydrogen-bond donors (Lipinski definition) is 2. The number of nitrogens with zero attached hydrogens (tertiary/aromatic N) is 2. The second kappa shape index (κ2) is 10.8. The van der Waals surface area contributed by atoms with E-state index in [1.54, 1.807) is 6.20 Å². The molecule has 2 saturated carbocycles. The van der Waals surface area contributed by atoms with Crippen LogP contribution in [0, 0.1) is 0 Å². The molecule has 0 aliphatic heterocycles. The lowest BCUT2D eigenvalue weighted by Gasteiger charge is -2.17. The number of guanidine groups is 1. The van der Waals surface area contributed by atoms with Gasteiger partial charge in [-0.3, -0.25) is 0 Å². The van der Waals surface area contributed by atoms with Crippen LogP contribution in [0.3, 0.4) is 0 Å². The van der Waals surface area contributed by atoms with Crippen molar-refractivity contribution in [2.24, 2.45) is 4.99 Å². The van der Waals surface area contributed by atoms with E-state index in [9.17, 15) is 0 Å². The average Bonchev–Trinajstić information content (AvgIpc) is 3.28. The second-order valence-corrected chi connectivity index (χ2v) is 6.81. The van der Waals surface area contributed by atoms with Crippen LogP contribution in [0.4, 0.5) is 0 Å². The summed E-state index contributed by atoms with van der Waals surface area (Å²) in [6.07, 6.45) is 12.1. The van der Waals surface area contributed by atoms with E-state index in [0.29, 0.717) is 18.7 Å². The first-order chi connectivity index (χ1) is 11.8. The third kappa shape index (κ3) is 6.31. The molecular weight excluding hydrogens is 427 g/mol. The predicted molar refractivity (Wildman–Crippen MR) is 113 cm³/mol. The number of aliphatic imine (C=N–C) groups is 1. The monoisotopic (exact) mass is 458 g/mol. The summed E-state index contributed by atoms with van der Waals surface area (Å²) < 4.78 is 6.11. The summed E-state index contributed by atoms with van der Waals surface area (Å²) in [6.45, 7) is 3.57. The van der Waals surface area contributed by atoms with Crippen molar-refractivity contribution in [2.45, 2.75) is 77.0 Å². The summed E-state index contributed by atoms with van der Waals surface area (Å²) in [4.78, 5) is 9.19. The Bertz CT molecular complexity index is 540. The molecule has 2 fully saturated rings. The van der Waals surface area contributed by atoms with Gasteiger partial charge in [-0.2, -0.15) is 0 Å². The minimum Gasteiger partial charge on any atom is -0.474 e. The molecule has 1 aromatic rings. The molecular formula is C19H31IN4O. The van der Waals surface area contributed by atoms with Crippen LogP contribution in [0.15, 0.2) is 23.3 Å². The van der Waals surface area contributed by atoms with E-state index in [1.807, 2.05) is 6.07 Å². The number of ether oxygens (including phenoxy) is 1. The number of pyridine rings is 1. The molecule has 0 atom stereocenters. The standard InChI is InChI=1S/C19H30N4O.HI/c1-2-20-19(23-16-9-3-4-10-16)22-14-15-8-7-13-21-18(15)24-17-11-5-6-12-17;/h7-8,13,16-17H,2-6,9-12,14H2,1H3,(H2,20,22,23);1H. The first-order valence-corrected chi connectivity index (χ1v) is 9.50. The summed E-state index contributed by atoms with van der Waals surface area (Å²) in [5.41, 5.74) is 1.06. The summed E-state index contributed by atoms with van der Waals surface area (Å²) in [5.74, 6) is 1.66.